The molecule has 0 spiro atoms. The summed E-state index contributed by atoms with van der Waals surface area (Å²) in [5.74, 6) is 0.0550. The number of carbonyl (C=O) groups excluding carboxylic acids is 2. The van der Waals surface area contributed by atoms with Crippen LogP contribution in [0, 0.1) is 0 Å². The van der Waals surface area contributed by atoms with Crippen LogP contribution in [-0.2, 0) is 9.59 Å². The number of amides is 2. The zero-order valence-corrected chi connectivity index (χ0v) is 19.8. The third kappa shape index (κ3) is 6.09. The molecular weight excluding hydrogens is 442 g/mol. The fraction of sp³-hybridized carbons (Fsp3) is 0.583. The highest BCUT2D eigenvalue weighted by molar-refractivity contribution is 8.24. The molecule has 0 radical (unpaired) electrons. The van der Waals surface area contributed by atoms with Crippen molar-refractivity contribution in [2.75, 3.05) is 44.2 Å². The van der Waals surface area contributed by atoms with Crippen LogP contribution in [0.2, 0.25) is 0 Å². The van der Waals surface area contributed by atoms with Crippen LogP contribution in [0.4, 0.5) is 0 Å². The Balaban J connectivity index is 1.20. The average molecular weight is 478 g/mol. The van der Waals surface area contributed by atoms with E-state index in [9.17, 15) is 23.8 Å². The summed E-state index contributed by atoms with van der Waals surface area (Å²) < 4.78 is 19.4. The summed E-state index contributed by atoms with van der Waals surface area (Å²) in [6.45, 7) is 2.61. The summed E-state index contributed by atoms with van der Waals surface area (Å²) in [6.07, 6.45) is 4.50. The lowest BCUT2D eigenvalue weighted by Gasteiger charge is -2.41. The highest BCUT2D eigenvalue weighted by atomic mass is 32.3. The van der Waals surface area contributed by atoms with Crippen molar-refractivity contribution in [1.29, 1.82) is 0 Å². The maximum Gasteiger partial charge on any atom is 0.289 e. The normalized spacial score (nSPS) is 27.0. The van der Waals surface area contributed by atoms with Gasteiger partial charge in [-0.15, -0.1) is 0 Å². The average Bonchev–Trinajstić information content (AvgIpc) is 3.10. The van der Waals surface area contributed by atoms with Gasteiger partial charge in [0.1, 0.15) is 0 Å². The molecule has 4 N–H and O–H groups in total. The molecule has 182 valence electrons. The van der Waals surface area contributed by atoms with Crippen molar-refractivity contribution >= 4 is 22.4 Å². The van der Waals surface area contributed by atoms with E-state index >= 15 is 0 Å². The van der Waals surface area contributed by atoms with E-state index in [1.807, 2.05) is 6.07 Å². The van der Waals surface area contributed by atoms with Crippen molar-refractivity contribution in [3.63, 3.8) is 0 Å². The molecule has 1 saturated heterocycles. The van der Waals surface area contributed by atoms with Gasteiger partial charge in [0.2, 0.25) is 0 Å². The molecule has 8 nitrogen and oxygen atoms in total. The van der Waals surface area contributed by atoms with Crippen molar-refractivity contribution in [2.24, 2.45) is 0 Å². The molecule has 2 amide bonds. The largest absolute Gasteiger partial charge is 0.503 e. The molecule has 9 heteroatoms. The van der Waals surface area contributed by atoms with Crippen molar-refractivity contribution in [1.82, 2.24) is 15.1 Å². The molecule has 0 unspecified atom stereocenters. The number of aliphatic hydroxyl groups is 1. The number of benzene rings is 1. The third-order valence-electron chi connectivity index (χ3n) is 7.10. The second-order valence-electron chi connectivity index (χ2n) is 9.39. The Morgan fingerprint density at radius 3 is 2.36 bits per heavy atom. The number of carbonyl (C=O) groups is 2. The van der Waals surface area contributed by atoms with E-state index in [0.29, 0.717) is 43.5 Å². The van der Waals surface area contributed by atoms with Crippen LogP contribution in [0.25, 0.3) is 0 Å². The lowest BCUT2D eigenvalue weighted by molar-refractivity contribution is -0.127. The number of rotatable bonds is 7. The van der Waals surface area contributed by atoms with Gasteiger partial charge in [0.05, 0.1) is 23.6 Å². The van der Waals surface area contributed by atoms with Gasteiger partial charge in [-0.25, -0.2) is 0 Å². The minimum absolute atomic E-state index is 0.0633. The lowest BCUT2D eigenvalue weighted by Crippen LogP contribution is -2.40. The second-order valence-corrected chi connectivity index (χ2v) is 11.8. The van der Waals surface area contributed by atoms with Gasteiger partial charge in [0, 0.05) is 25.7 Å². The van der Waals surface area contributed by atoms with Crippen LogP contribution < -0.4 is 5.32 Å². The maximum atomic E-state index is 12.8. The number of nitrogens with one attached hydrogen (secondary N) is 1. The predicted octanol–water partition coefficient (Wildman–Crippen LogP) is 2.94. The molecule has 0 aromatic heterocycles. The molecule has 0 atom stereocenters. The molecule has 1 aromatic carbocycles. The number of nitrogens with zero attached hydrogens (tertiary/aromatic N) is 2. The number of aliphatic hydroxyl groups excluding tert-OH is 1. The third-order valence-corrected chi connectivity index (χ3v) is 8.78. The smallest absolute Gasteiger partial charge is 0.289 e. The van der Waals surface area contributed by atoms with E-state index in [2.05, 4.69) is 34.5 Å². The molecule has 2 aliphatic heterocycles. The molecule has 1 aromatic rings. The van der Waals surface area contributed by atoms with E-state index in [1.165, 1.54) is 10.5 Å². The molecular formula is C24H35N3O5S. The van der Waals surface area contributed by atoms with Gasteiger partial charge < -0.3 is 20.2 Å². The van der Waals surface area contributed by atoms with Crippen LogP contribution >= 0.6 is 10.6 Å². The first-order chi connectivity index (χ1) is 15.8. The van der Waals surface area contributed by atoms with Gasteiger partial charge in [-0.3, -0.25) is 18.7 Å². The predicted molar refractivity (Wildman–Crippen MR) is 129 cm³/mol. The first kappa shape index (κ1) is 24.1. The van der Waals surface area contributed by atoms with Gasteiger partial charge in [0.15, 0.2) is 5.76 Å². The fourth-order valence-electron chi connectivity index (χ4n) is 5.02. The van der Waals surface area contributed by atoms with Crippen LogP contribution in [0.15, 0.2) is 41.7 Å². The fourth-order valence-corrected chi connectivity index (χ4v) is 6.32. The second kappa shape index (κ2) is 10.5. The van der Waals surface area contributed by atoms with Crippen LogP contribution in [0.1, 0.15) is 43.6 Å². The van der Waals surface area contributed by atoms with Crippen LogP contribution in [-0.4, -0.2) is 86.1 Å². The molecule has 1 saturated carbocycles. The van der Waals surface area contributed by atoms with Crippen LogP contribution in [0.5, 0.6) is 0 Å². The van der Waals surface area contributed by atoms with Crippen molar-refractivity contribution in [2.45, 2.75) is 44.1 Å². The molecule has 33 heavy (non-hydrogen) atoms. The number of hydrogen-bond donors (Lipinski definition) is 4. The quantitative estimate of drug-likeness (QED) is 0.480. The summed E-state index contributed by atoms with van der Waals surface area (Å²) in [6, 6.07) is 10.5. The van der Waals surface area contributed by atoms with Gasteiger partial charge in [0.25, 0.3) is 11.8 Å². The number of hydrogen-bond acceptors (Lipinski definition) is 6. The van der Waals surface area contributed by atoms with Crippen molar-refractivity contribution < 1.29 is 23.8 Å². The first-order valence-electron chi connectivity index (χ1n) is 11.9. The minimum atomic E-state index is -2.41. The Morgan fingerprint density at radius 2 is 1.70 bits per heavy atom. The summed E-state index contributed by atoms with van der Waals surface area (Å²) in [7, 11) is -2.41. The molecule has 3 aliphatic rings. The molecule has 0 bridgehead atoms. The molecule has 4 rings (SSSR count). The first-order valence-corrected chi connectivity index (χ1v) is 13.7. The Morgan fingerprint density at radius 1 is 1.03 bits per heavy atom. The molecule has 2 heterocycles. The summed E-state index contributed by atoms with van der Waals surface area (Å²) >= 11 is 0. The zero-order valence-electron chi connectivity index (χ0n) is 19.0. The molecule has 2 fully saturated rings. The van der Waals surface area contributed by atoms with E-state index in [1.54, 1.807) is 0 Å². The lowest BCUT2D eigenvalue weighted by atomic mass is 9.82. The summed E-state index contributed by atoms with van der Waals surface area (Å²) in [4.78, 5) is 28.9. The Labute approximate surface area is 197 Å². The monoisotopic (exact) mass is 477 g/mol. The Hall–Kier alpha value is -2.07. The van der Waals surface area contributed by atoms with Gasteiger partial charge in [-0.05, 0) is 50.1 Å². The minimum Gasteiger partial charge on any atom is -0.503 e. The van der Waals surface area contributed by atoms with Gasteiger partial charge >= 0.3 is 0 Å². The zero-order chi connectivity index (χ0) is 23.4. The maximum absolute atomic E-state index is 12.8. The van der Waals surface area contributed by atoms with Gasteiger partial charge in [-0.2, -0.15) is 10.6 Å². The van der Waals surface area contributed by atoms with Crippen molar-refractivity contribution in [3.8, 4) is 0 Å². The Bertz CT molecular complexity index is 873. The van der Waals surface area contributed by atoms with Gasteiger partial charge in [-0.1, -0.05) is 30.3 Å². The van der Waals surface area contributed by atoms with E-state index < -0.39 is 22.3 Å². The SMILES string of the molecule is O=C(NC1CCC(c2ccccc2)CC1)C1=C(O)C(=O)N(CCCN2CCS(O)(O)CC2)C1. The summed E-state index contributed by atoms with van der Waals surface area (Å²) in [5, 5.41) is 13.3. The topological polar surface area (TPSA) is 113 Å². The molecule has 1 aliphatic carbocycles. The van der Waals surface area contributed by atoms with E-state index in [4.69, 9.17) is 0 Å². The van der Waals surface area contributed by atoms with E-state index in [-0.39, 0.29) is 24.1 Å². The van der Waals surface area contributed by atoms with Crippen LogP contribution in [0.3, 0.4) is 0 Å². The highest BCUT2D eigenvalue weighted by Gasteiger charge is 2.35. The summed E-state index contributed by atoms with van der Waals surface area (Å²) in [5.41, 5.74) is 1.51. The van der Waals surface area contributed by atoms with E-state index in [0.717, 1.165) is 32.2 Å². The Kier molecular flexibility index (Phi) is 7.63. The highest BCUT2D eigenvalue weighted by Crippen LogP contribution is 2.40. The van der Waals surface area contributed by atoms with Crippen molar-refractivity contribution in [3.05, 3.63) is 47.2 Å². The standard InChI is InChI=1S/C24H35N3O5S/c28-22-21(17-27(24(22)30)12-4-11-26-13-15-33(31,32)16-14-26)23(29)25-20-9-7-19(8-10-20)18-5-2-1-3-6-18/h1-3,5-6,19-20,28,31-32H,4,7-17H2,(H,25,29).